The van der Waals surface area contributed by atoms with Crippen molar-refractivity contribution in [3.05, 3.63) is 65.5 Å². The number of nitrogens with one attached hydrogen (secondary N) is 1. The van der Waals surface area contributed by atoms with E-state index in [2.05, 4.69) is 15.6 Å². The Kier molecular flexibility index (Phi) is 4.67. The first-order chi connectivity index (χ1) is 13.9. The third-order valence-corrected chi connectivity index (χ3v) is 4.87. The second-order valence-electron chi connectivity index (χ2n) is 6.91. The van der Waals surface area contributed by atoms with Crippen LogP contribution in [0.25, 0.3) is 5.69 Å². The van der Waals surface area contributed by atoms with Crippen molar-refractivity contribution in [2.24, 2.45) is 0 Å². The molecule has 1 aliphatic rings. The van der Waals surface area contributed by atoms with Gasteiger partial charge in [-0.15, -0.1) is 5.10 Å². The largest absolute Gasteiger partial charge is 0.320 e. The molecule has 0 spiro atoms. The normalized spacial score (nSPS) is 13.8. The molecule has 1 saturated heterocycles. The number of benzene rings is 2. The summed E-state index contributed by atoms with van der Waals surface area (Å²) in [5, 5.41) is 10.7. The lowest BCUT2D eigenvalue weighted by molar-refractivity contribution is -0.121. The van der Waals surface area contributed by atoms with Crippen LogP contribution >= 0.6 is 0 Å². The minimum atomic E-state index is -0.428. The van der Waals surface area contributed by atoms with Crippen molar-refractivity contribution in [1.29, 1.82) is 0 Å². The van der Waals surface area contributed by atoms with E-state index >= 15 is 0 Å². The minimum Gasteiger partial charge on any atom is -0.320 e. The molecule has 0 bridgehead atoms. The monoisotopic (exact) mass is 389 g/mol. The van der Waals surface area contributed by atoms with Crippen molar-refractivity contribution in [3.8, 4) is 5.69 Å². The van der Waals surface area contributed by atoms with Crippen molar-refractivity contribution < 1.29 is 14.4 Å². The first-order valence-corrected chi connectivity index (χ1v) is 9.20. The molecule has 0 radical (unpaired) electrons. The molecule has 8 heteroatoms. The highest BCUT2D eigenvalue weighted by Crippen LogP contribution is 2.30. The summed E-state index contributed by atoms with van der Waals surface area (Å²) in [5.74, 6) is -0.895. The van der Waals surface area contributed by atoms with Gasteiger partial charge in [0.2, 0.25) is 11.8 Å². The lowest BCUT2D eigenvalue weighted by Gasteiger charge is -2.18. The quantitative estimate of drug-likeness (QED) is 0.692. The number of rotatable bonds is 4. The van der Waals surface area contributed by atoms with Gasteiger partial charge in [0.1, 0.15) is 0 Å². The predicted molar refractivity (Wildman–Crippen MR) is 107 cm³/mol. The molecule has 3 amide bonds. The molecule has 29 heavy (non-hydrogen) atoms. The van der Waals surface area contributed by atoms with E-state index in [0.717, 1.165) is 11.3 Å². The maximum atomic E-state index is 12.7. The maximum Gasteiger partial charge on any atom is 0.277 e. The third-order valence-electron chi connectivity index (χ3n) is 4.87. The number of imide groups is 1. The number of carbonyl (C=O) groups is 3. The summed E-state index contributed by atoms with van der Waals surface area (Å²) in [6.07, 6.45) is 1.96. The van der Waals surface area contributed by atoms with Crippen LogP contribution in [0.3, 0.4) is 0 Å². The molecule has 0 atom stereocenters. The Morgan fingerprint density at radius 1 is 1.00 bits per heavy atom. The maximum absolute atomic E-state index is 12.7. The van der Waals surface area contributed by atoms with Crippen molar-refractivity contribution >= 4 is 29.1 Å². The van der Waals surface area contributed by atoms with Gasteiger partial charge >= 0.3 is 0 Å². The van der Waals surface area contributed by atoms with Crippen LogP contribution in [0.5, 0.6) is 0 Å². The molecule has 2 aromatic carbocycles. The summed E-state index contributed by atoms with van der Waals surface area (Å²) in [6, 6.07) is 12.8. The molecular weight excluding hydrogens is 370 g/mol. The van der Waals surface area contributed by atoms with Crippen LogP contribution in [0.1, 0.15) is 34.5 Å². The molecule has 1 fully saturated rings. The fraction of sp³-hybridized carbons (Fsp3) is 0.190. The Bertz CT molecular complexity index is 1100. The van der Waals surface area contributed by atoms with Crippen LogP contribution in [0, 0.1) is 13.8 Å². The van der Waals surface area contributed by atoms with Crippen LogP contribution in [-0.2, 0) is 9.59 Å². The summed E-state index contributed by atoms with van der Waals surface area (Å²) in [5.41, 5.74) is 3.70. The van der Waals surface area contributed by atoms with Crippen molar-refractivity contribution in [2.45, 2.75) is 26.7 Å². The molecule has 1 aromatic heterocycles. The first kappa shape index (κ1) is 18.5. The Morgan fingerprint density at radius 2 is 1.69 bits per heavy atom. The van der Waals surface area contributed by atoms with Gasteiger partial charge in [-0.05, 0) is 43.7 Å². The standard InChI is InChI=1S/C21H19N5O3/c1-13-6-8-15(9-7-13)25-12-17(23-24-25)21(29)22-16-4-3-5-18(14(16)2)26-19(27)10-11-20(26)28/h3-9,12H,10-11H2,1-2H3,(H,22,29). The fourth-order valence-corrected chi connectivity index (χ4v) is 3.22. The highest BCUT2D eigenvalue weighted by molar-refractivity contribution is 6.20. The Morgan fingerprint density at radius 3 is 2.38 bits per heavy atom. The Labute approximate surface area is 167 Å². The summed E-state index contributed by atoms with van der Waals surface area (Å²) in [4.78, 5) is 37.9. The number of nitrogens with zero attached hydrogens (tertiary/aromatic N) is 4. The number of carbonyl (C=O) groups excluding carboxylic acids is 3. The SMILES string of the molecule is Cc1ccc(-n2cc(C(=O)Nc3cccc(N4C(=O)CCC4=O)c3C)nn2)cc1. The van der Waals surface area contributed by atoms with Crippen LogP contribution in [0.15, 0.2) is 48.7 Å². The number of hydrogen-bond acceptors (Lipinski definition) is 5. The molecule has 1 N–H and O–H groups in total. The lowest BCUT2D eigenvalue weighted by Crippen LogP contribution is -2.29. The molecule has 4 rings (SSSR count). The average Bonchev–Trinajstić information content (AvgIpc) is 3.32. The van der Waals surface area contributed by atoms with Crippen LogP contribution in [-0.4, -0.2) is 32.7 Å². The number of aromatic nitrogens is 3. The van der Waals surface area contributed by atoms with Gasteiger partial charge in [-0.2, -0.15) is 0 Å². The molecular formula is C21H19N5O3. The summed E-state index contributed by atoms with van der Waals surface area (Å²) in [7, 11) is 0. The molecule has 0 unspecified atom stereocenters. The van der Waals surface area contributed by atoms with Gasteiger partial charge in [-0.1, -0.05) is 29.0 Å². The lowest BCUT2D eigenvalue weighted by atomic mass is 10.1. The van der Waals surface area contributed by atoms with Gasteiger partial charge in [0, 0.05) is 18.5 Å². The van der Waals surface area contributed by atoms with Crippen LogP contribution < -0.4 is 10.2 Å². The van der Waals surface area contributed by atoms with Gasteiger partial charge < -0.3 is 5.32 Å². The molecule has 146 valence electrons. The van der Waals surface area contributed by atoms with Gasteiger partial charge in [0.25, 0.3) is 5.91 Å². The smallest absolute Gasteiger partial charge is 0.277 e. The topological polar surface area (TPSA) is 97.2 Å². The van der Waals surface area contributed by atoms with Gasteiger partial charge in [-0.25, -0.2) is 4.68 Å². The van der Waals surface area contributed by atoms with Gasteiger partial charge in [-0.3, -0.25) is 19.3 Å². The molecule has 2 heterocycles. The van der Waals surface area contributed by atoms with Gasteiger partial charge in [0.05, 0.1) is 17.6 Å². The van der Waals surface area contributed by atoms with E-state index in [1.807, 2.05) is 31.2 Å². The Hall–Kier alpha value is -3.81. The van der Waals surface area contributed by atoms with E-state index in [1.165, 1.54) is 9.58 Å². The van der Waals surface area contributed by atoms with Crippen LogP contribution in [0.4, 0.5) is 11.4 Å². The van der Waals surface area contributed by atoms with E-state index in [1.54, 1.807) is 31.3 Å². The number of hydrogen-bond donors (Lipinski definition) is 1. The number of anilines is 2. The zero-order chi connectivity index (χ0) is 20.5. The summed E-state index contributed by atoms with van der Waals surface area (Å²) < 4.78 is 1.53. The molecule has 0 aliphatic carbocycles. The van der Waals surface area contributed by atoms with Crippen molar-refractivity contribution in [1.82, 2.24) is 15.0 Å². The number of amides is 3. The first-order valence-electron chi connectivity index (χ1n) is 9.20. The van der Waals surface area contributed by atoms with Crippen molar-refractivity contribution in [2.75, 3.05) is 10.2 Å². The third kappa shape index (κ3) is 3.52. The second-order valence-corrected chi connectivity index (χ2v) is 6.91. The van der Waals surface area contributed by atoms with E-state index in [9.17, 15) is 14.4 Å². The van der Waals surface area contributed by atoms with Gasteiger partial charge in [0.15, 0.2) is 5.69 Å². The van der Waals surface area contributed by atoms with E-state index in [0.29, 0.717) is 16.9 Å². The zero-order valence-corrected chi connectivity index (χ0v) is 16.0. The van der Waals surface area contributed by atoms with Crippen LogP contribution in [0.2, 0.25) is 0 Å². The van der Waals surface area contributed by atoms with E-state index < -0.39 is 5.91 Å². The highest BCUT2D eigenvalue weighted by Gasteiger charge is 2.31. The molecule has 1 aliphatic heterocycles. The number of aryl methyl sites for hydroxylation is 1. The van der Waals surface area contributed by atoms with E-state index in [4.69, 9.17) is 0 Å². The van der Waals surface area contributed by atoms with Crippen molar-refractivity contribution in [3.63, 3.8) is 0 Å². The minimum absolute atomic E-state index is 0.156. The molecule has 8 nitrogen and oxygen atoms in total. The average molecular weight is 389 g/mol. The summed E-state index contributed by atoms with van der Waals surface area (Å²) >= 11 is 0. The second kappa shape index (κ2) is 7.31. The fourth-order valence-electron chi connectivity index (χ4n) is 3.22. The van der Waals surface area contributed by atoms with E-state index in [-0.39, 0.29) is 30.3 Å². The highest BCUT2D eigenvalue weighted by atomic mass is 16.2. The molecule has 0 saturated carbocycles. The zero-order valence-electron chi connectivity index (χ0n) is 16.0. The predicted octanol–water partition coefficient (Wildman–Crippen LogP) is 2.79. The molecule has 3 aromatic rings. The Balaban J connectivity index is 1.56. The summed E-state index contributed by atoms with van der Waals surface area (Å²) in [6.45, 7) is 3.75.